The van der Waals surface area contributed by atoms with Crippen molar-refractivity contribution in [2.24, 2.45) is 0 Å². The van der Waals surface area contributed by atoms with E-state index in [0.29, 0.717) is 11.0 Å². The Morgan fingerprint density at radius 3 is 2.70 bits per heavy atom. The number of nitrogens with zero attached hydrogens (tertiary/aromatic N) is 1. The first-order valence-electron chi connectivity index (χ1n) is 6.50. The number of nitrogens with one attached hydrogen (secondary N) is 2. The zero-order valence-electron chi connectivity index (χ0n) is 11.7. The number of H-pyrrole nitrogens is 2. The first-order chi connectivity index (χ1) is 10.6. The first-order valence-corrected chi connectivity index (χ1v) is 6.50. The zero-order chi connectivity index (χ0) is 15.4. The van der Waals surface area contributed by atoms with Crippen LogP contribution in [0.3, 0.4) is 0 Å². The lowest BCUT2D eigenvalue weighted by atomic mass is 10.0. The van der Waals surface area contributed by atoms with E-state index in [2.05, 4.69) is 15.2 Å². The van der Waals surface area contributed by atoms with E-state index in [-0.39, 0.29) is 40.2 Å². The second kappa shape index (κ2) is 5.20. The summed E-state index contributed by atoms with van der Waals surface area (Å²) >= 11 is 0. The van der Waals surface area contributed by atoms with Gasteiger partial charge >= 0.3 is 0 Å². The van der Waals surface area contributed by atoms with Crippen LogP contribution in [0.15, 0.2) is 33.8 Å². The van der Waals surface area contributed by atoms with Crippen molar-refractivity contribution in [1.82, 2.24) is 15.2 Å². The summed E-state index contributed by atoms with van der Waals surface area (Å²) in [5, 5.41) is 5.53. The molecule has 5 nitrogen and oxygen atoms in total. The van der Waals surface area contributed by atoms with E-state index < -0.39 is 17.1 Å². The number of fused-ring (bicyclic) bond motifs is 3. The number of aromatic amines is 2. The quantitative estimate of drug-likeness (QED) is 0.556. The van der Waals surface area contributed by atoms with Crippen LogP contribution >= 0.6 is 12.4 Å². The number of rotatable bonds is 1. The number of hydrogen-bond donors (Lipinski definition) is 2. The molecule has 4 rings (SSSR count). The molecule has 3 heterocycles. The van der Waals surface area contributed by atoms with Gasteiger partial charge in [-0.1, -0.05) is 0 Å². The second-order valence-electron chi connectivity index (χ2n) is 4.95. The van der Waals surface area contributed by atoms with Crippen LogP contribution in [0.5, 0.6) is 0 Å². The molecule has 0 unspecified atom stereocenters. The molecule has 0 saturated heterocycles. The first kappa shape index (κ1) is 15.2. The lowest BCUT2D eigenvalue weighted by Gasteiger charge is -2.08. The molecule has 8 heteroatoms. The molecule has 23 heavy (non-hydrogen) atoms. The second-order valence-corrected chi connectivity index (χ2v) is 4.95. The summed E-state index contributed by atoms with van der Waals surface area (Å²) in [6.45, 7) is 1.25. The average molecular weight is 338 g/mol. The third-order valence-electron chi connectivity index (χ3n) is 3.70. The van der Waals surface area contributed by atoms with Crippen LogP contribution in [0.1, 0.15) is 5.56 Å². The summed E-state index contributed by atoms with van der Waals surface area (Å²) in [4.78, 5) is 16.2. The van der Waals surface area contributed by atoms with Crippen molar-refractivity contribution in [2.75, 3.05) is 0 Å². The molecule has 3 aromatic heterocycles. The van der Waals surface area contributed by atoms with Crippen molar-refractivity contribution in [3.63, 3.8) is 0 Å². The number of aromatic nitrogens is 3. The van der Waals surface area contributed by atoms with Crippen molar-refractivity contribution >= 4 is 34.2 Å². The highest BCUT2D eigenvalue weighted by atomic mass is 35.5. The van der Waals surface area contributed by atoms with Crippen LogP contribution in [0, 0.1) is 18.6 Å². The van der Waals surface area contributed by atoms with Gasteiger partial charge in [0.05, 0.1) is 11.6 Å². The molecule has 0 spiro atoms. The molecule has 0 saturated carbocycles. The molecular formula is C15H10ClF2N3O2. The molecule has 2 N–H and O–H groups in total. The monoisotopic (exact) mass is 337 g/mol. The van der Waals surface area contributed by atoms with Gasteiger partial charge in [-0.15, -0.1) is 12.4 Å². The van der Waals surface area contributed by atoms with E-state index in [0.717, 1.165) is 0 Å². The van der Waals surface area contributed by atoms with Gasteiger partial charge in [0.1, 0.15) is 11.5 Å². The van der Waals surface area contributed by atoms with Crippen LogP contribution in [0.2, 0.25) is 0 Å². The Bertz CT molecular complexity index is 1080. The summed E-state index contributed by atoms with van der Waals surface area (Å²) in [7, 11) is 0. The highest BCUT2D eigenvalue weighted by molar-refractivity contribution is 6.10. The smallest absolute Gasteiger partial charge is 0.220 e. The minimum atomic E-state index is -0.998. The summed E-state index contributed by atoms with van der Waals surface area (Å²) in [6.07, 6.45) is 2.85. The fourth-order valence-electron chi connectivity index (χ4n) is 2.61. The van der Waals surface area contributed by atoms with Crippen LogP contribution < -0.4 is 5.43 Å². The molecule has 0 bridgehead atoms. The molecule has 1 aromatic carbocycles. The summed E-state index contributed by atoms with van der Waals surface area (Å²) in [5.74, 6) is -1.50. The number of pyridine rings is 1. The zero-order valence-corrected chi connectivity index (χ0v) is 12.6. The van der Waals surface area contributed by atoms with E-state index in [1.54, 1.807) is 12.1 Å². The van der Waals surface area contributed by atoms with Gasteiger partial charge in [0, 0.05) is 22.5 Å². The van der Waals surface area contributed by atoms with Crippen molar-refractivity contribution in [3.05, 3.63) is 52.0 Å². The van der Waals surface area contributed by atoms with E-state index in [9.17, 15) is 13.6 Å². The highest BCUT2D eigenvalue weighted by Crippen LogP contribution is 2.34. The molecule has 118 valence electrons. The predicted molar refractivity (Wildman–Crippen MR) is 83.8 cm³/mol. The Balaban J connectivity index is 0.00000156. The Kier molecular flexibility index (Phi) is 3.45. The summed E-state index contributed by atoms with van der Waals surface area (Å²) < 4.78 is 34.4. The Labute approximate surface area is 133 Å². The molecule has 0 amide bonds. The SMILES string of the molecule is Cc1c(F)c2c(-c3ccco3)nc3[nH][nH]cc3c2c(F)c1=O.Cl. The Morgan fingerprint density at radius 2 is 2.00 bits per heavy atom. The predicted octanol–water partition coefficient (Wildman–Crippen LogP) is 3.67. The molecular weight excluding hydrogens is 328 g/mol. The normalized spacial score (nSPS) is 11.1. The Hall–Kier alpha value is -2.67. The number of furan rings is 1. The maximum atomic E-state index is 14.7. The van der Waals surface area contributed by atoms with Crippen LogP contribution in [-0.2, 0) is 0 Å². The molecule has 0 aliphatic heterocycles. The lowest BCUT2D eigenvalue weighted by molar-refractivity contribution is 0.578. The average Bonchev–Trinajstić information content (AvgIpc) is 3.19. The number of hydrogen-bond acceptors (Lipinski definition) is 3. The van der Waals surface area contributed by atoms with Gasteiger partial charge in [0.25, 0.3) is 0 Å². The van der Waals surface area contributed by atoms with Crippen LogP contribution in [0.4, 0.5) is 8.78 Å². The maximum absolute atomic E-state index is 14.7. The summed E-state index contributed by atoms with van der Waals surface area (Å²) in [6, 6.07) is 3.22. The van der Waals surface area contributed by atoms with Gasteiger partial charge in [-0.05, 0) is 19.1 Å². The molecule has 0 atom stereocenters. The van der Waals surface area contributed by atoms with Gasteiger partial charge < -0.3 is 9.52 Å². The number of benzene rings is 1. The van der Waals surface area contributed by atoms with Crippen LogP contribution in [-0.4, -0.2) is 15.2 Å². The molecule has 4 aromatic rings. The van der Waals surface area contributed by atoms with E-state index in [1.165, 1.54) is 19.4 Å². The van der Waals surface area contributed by atoms with Crippen molar-refractivity contribution < 1.29 is 13.2 Å². The van der Waals surface area contributed by atoms with Gasteiger partial charge in [-0.2, -0.15) is 0 Å². The van der Waals surface area contributed by atoms with Gasteiger partial charge in [-0.25, -0.2) is 13.8 Å². The summed E-state index contributed by atoms with van der Waals surface area (Å²) in [5.41, 5.74) is -0.786. The third kappa shape index (κ3) is 1.97. The van der Waals surface area contributed by atoms with Crippen LogP contribution in [0.25, 0.3) is 33.3 Å². The standard InChI is InChI=1S/C15H9F2N3O2.ClH/c1-6-11(16)10-9(12(17)14(6)21)7-5-18-20-15(7)19-13(10)8-3-2-4-22-8;/h2-5H,1H3,(H2,18,19,20);1H. The van der Waals surface area contributed by atoms with E-state index >= 15 is 0 Å². The Morgan fingerprint density at radius 1 is 1.22 bits per heavy atom. The van der Waals surface area contributed by atoms with Crippen molar-refractivity contribution in [1.29, 1.82) is 0 Å². The van der Waals surface area contributed by atoms with Crippen molar-refractivity contribution in [2.45, 2.75) is 6.92 Å². The fraction of sp³-hybridized carbons (Fsp3) is 0.0667. The largest absolute Gasteiger partial charge is 0.463 e. The lowest BCUT2D eigenvalue weighted by Crippen LogP contribution is -2.14. The minimum Gasteiger partial charge on any atom is -0.463 e. The third-order valence-corrected chi connectivity index (χ3v) is 3.70. The van der Waals surface area contributed by atoms with Gasteiger partial charge in [0.15, 0.2) is 17.2 Å². The van der Waals surface area contributed by atoms with Gasteiger partial charge in [0.2, 0.25) is 5.43 Å². The minimum absolute atomic E-state index is 0. The molecule has 0 fully saturated rings. The number of halogens is 3. The van der Waals surface area contributed by atoms with Crippen molar-refractivity contribution in [3.8, 4) is 11.5 Å². The topological polar surface area (TPSA) is 74.7 Å². The van der Waals surface area contributed by atoms with Gasteiger partial charge in [-0.3, -0.25) is 9.89 Å². The highest BCUT2D eigenvalue weighted by Gasteiger charge is 2.23. The molecule has 0 aliphatic carbocycles. The maximum Gasteiger partial charge on any atom is 0.220 e. The molecule has 0 radical (unpaired) electrons. The van der Waals surface area contributed by atoms with E-state index in [4.69, 9.17) is 4.42 Å². The van der Waals surface area contributed by atoms with E-state index in [1.807, 2.05) is 0 Å². The fourth-order valence-corrected chi connectivity index (χ4v) is 2.61. The molecule has 0 aliphatic rings.